The van der Waals surface area contributed by atoms with Crippen molar-refractivity contribution in [3.8, 4) is 17.2 Å². The molecule has 1 fully saturated rings. The van der Waals surface area contributed by atoms with Crippen LogP contribution in [0.2, 0.25) is 0 Å². The van der Waals surface area contributed by atoms with Crippen LogP contribution in [0, 0.1) is 0 Å². The third-order valence-corrected chi connectivity index (χ3v) is 5.25. The van der Waals surface area contributed by atoms with E-state index in [4.69, 9.17) is 14.2 Å². The third kappa shape index (κ3) is 5.24. The Kier molecular flexibility index (Phi) is 7.31. The molecule has 0 saturated carbocycles. The van der Waals surface area contributed by atoms with Crippen molar-refractivity contribution in [3.05, 3.63) is 53.1 Å². The first-order chi connectivity index (χ1) is 15.0. The minimum absolute atomic E-state index is 0.0918. The molecular weight excluding hydrogens is 396 g/mol. The highest BCUT2D eigenvalue weighted by atomic mass is 16.5. The standard InChI is InChI=1S/C24H28N2O5/c1-15(23(27)18-14-17(29-2)8-10-21(18)30-3)12-16-7-9-22(31-4)20(13-16)26-24(28)19-6-5-11-25-19/h7-10,12-14,19,25H,5-6,11H2,1-4H3,(H,26,28)/b15-12+. The summed E-state index contributed by atoms with van der Waals surface area (Å²) in [5.74, 6) is 1.34. The lowest BCUT2D eigenvalue weighted by molar-refractivity contribution is -0.117. The van der Waals surface area contributed by atoms with Crippen molar-refractivity contribution in [2.75, 3.05) is 33.2 Å². The molecule has 0 bridgehead atoms. The minimum atomic E-state index is -0.201. The molecule has 1 heterocycles. The van der Waals surface area contributed by atoms with Crippen molar-refractivity contribution in [2.45, 2.75) is 25.8 Å². The van der Waals surface area contributed by atoms with Crippen LogP contribution < -0.4 is 24.8 Å². The van der Waals surface area contributed by atoms with Crippen molar-refractivity contribution in [1.82, 2.24) is 5.32 Å². The molecule has 31 heavy (non-hydrogen) atoms. The van der Waals surface area contributed by atoms with E-state index in [2.05, 4.69) is 10.6 Å². The number of hydrogen-bond acceptors (Lipinski definition) is 6. The first-order valence-corrected chi connectivity index (χ1v) is 10.1. The summed E-state index contributed by atoms with van der Waals surface area (Å²) in [7, 11) is 4.63. The van der Waals surface area contributed by atoms with Crippen LogP contribution in [0.15, 0.2) is 42.0 Å². The van der Waals surface area contributed by atoms with Crippen molar-refractivity contribution >= 4 is 23.5 Å². The Morgan fingerprint density at radius 3 is 2.42 bits per heavy atom. The number of carbonyl (C=O) groups is 2. The molecule has 7 nitrogen and oxygen atoms in total. The maximum absolute atomic E-state index is 13.1. The molecule has 1 aliphatic heterocycles. The van der Waals surface area contributed by atoms with E-state index in [9.17, 15) is 9.59 Å². The highest BCUT2D eigenvalue weighted by Crippen LogP contribution is 2.29. The molecule has 2 aromatic carbocycles. The van der Waals surface area contributed by atoms with Gasteiger partial charge in [0.1, 0.15) is 17.2 Å². The maximum Gasteiger partial charge on any atom is 0.241 e. The van der Waals surface area contributed by atoms with Crippen molar-refractivity contribution < 1.29 is 23.8 Å². The first kappa shape index (κ1) is 22.4. The van der Waals surface area contributed by atoms with Gasteiger partial charge in [-0.25, -0.2) is 0 Å². The number of benzene rings is 2. The molecule has 1 aliphatic rings. The van der Waals surface area contributed by atoms with Crippen LogP contribution in [0.4, 0.5) is 5.69 Å². The molecule has 0 aliphatic carbocycles. The van der Waals surface area contributed by atoms with E-state index in [1.807, 2.05) is 6.07 Å². The summed E-state index contributed by atoms with van der Waals surface area (Å²) >= 11 is 0. The Morgan fingerprint density at radius 2 is 1.77 bits per heavy atom. The third-order valence-electron chi connectivity index (χ3n) is 5.25. The van der Waals surface area contributed by atoms with Crippen LogP contribution in [0.5, 0.6) is 17.2 Å². The van der Waals surface area contributed by atoms with E-state index in [-0.39, 0.29) is 17.7 Å². The van der Waals surface area contributed by atoms with Gasteiger partial charge < -0.3 is 24.8 Å². The monoisotopic (exact) mass is 424 g/mol. The number of methoxy groups -OCH3 is 3. The number of hydrogen-bond donors (Lipinski definition) is 2. The number of Topliss-reactive ketones (excluding diaryl/α,β-unsaturated/α-hetero) is 1. The number of ether oxygens (including phenoxy) is 3. The Morgan fingerprint density at radius 1 is 1.03 bits per heavy atom. The van der Waals surface area contributed by atoms with Crippen LogP contribution in [0.1, 0.15) is 35.7 Å². The smallest absolute Gasteiger partial charge is 0.241 e. The van der Waals surface area contributed by atoms with E-state index in [1.165, 1.54) is 7.11 Å². The quantitative estimate of drug-likeness (QED) is 0.497. The highest BCUT2D eigenvalue weighted by molar-refractivity contribution is 6.12. The van der Waals surface area contributed by atoms with Gasteiger partial charge in [-0.3, -0.25) is 9.59 Å². The predicted octanol–water partition coefficient (Wildman–Crippen LogP) is 3.69. The summed E-state index contributed by atoms with van der Waals surface area (Å²) < 4.78 is 16.0. The van der Waals surface area contributed by atoms with Gasteiger partial charge in [0.2, 0.25) is 5.91 Å². The molecule has 2 N–H and O–H groups in total. The average Bonchev–Trinajstić information content (AvgIpc) is 3.33. The molecule has 164 valence electrons. The lowest BCUT2D eigenvalue weighted by Crippen LogP contribution is -2.35. The van der Waals surface area contributed by atoms with Crippen LogP contribution in [0.3, 0.4) is 0 Å². The largest absolute Gasteiger partial charge is 0.497 e. The number of allylic oxidation sites excluding steroid dienone is 1. The second kappa shape index (κ2) is 10.1. The Labute approximate surface area is 182 Å². The minimum Gasteiger partial charge on any atom is -0.497 e. The van der Waals surface area contributed by atoms with Gasteiger partial charge in [0.15, 0.2) is 5.78 Å². The van der Waals surface area contributed by atoms with Crippen molar-refractivity contribution in [1.29, 1.82) is 0 Å². The Balaban J connectivity index is 1.86. The molecule has 7 heteroatoms. The predicted molar refractivity (Wildman–Crippen MR) is 120 cm³/mol. The van der Waals surface area contributed by atoms with Gasteiger partial charge in [0.25, 0.3) is 0 Å². The summed E-state index contributed by atoms with van der Waals surface area (Å²) in [6, 6.07) is 10.3. The number of rotatable bonds is 8. The van der Waals surface area contributed by atoms with Crippen LogP contribution in [-0.2, 0) is 4.79 Å². The summed E-state index contributed by atoms with van der Waals surface area (Å²) in [5, 5.41) is 6.12. The first-order valence-electron chi connectivity index (χ1n) is 10.1. The zero-order valence-electron chi connectivity index (χ0n) is 18.3. The summed E-state index contributed by atoms with van der Waals surface area (Å²) in [6.45, 7) is 2.58. The van der Waals surface area contributed by atoms with E-state index in [0.717, 1.165) is 24.9 Å². The van der Waals surface area contributed by atoms with Gasteiger partial charge in [0.05, 0.1) is 38.6 Å². The van der Waals surface area contributed by atoms with Gasteiger partial charge in [0, 0.05) is 0 Å². The number of anilines is 1. The second-order valence-electron chi connectivity index (χ2n) is 7.32. The zero-order valence-corrected chi connectivity index (χ0v) is 18.3. The molecule has 3 rings (SSSR count). The van der Waals surface area contributed by atoms with E-state index in [0.29, 0.717) is 34.1 Å². The number of amides is 1. The van der Waals surface area contributed by atoms with Gasteiger partial charge in [-0.1, -0.05) is 6.07 Å². The summed E-state index contributed by atoms with van der Waals surface area (Å²) in [5.41, 5.74) is 2.27. The summed E-state index contributed by atoms with van der Waals surface area (Å²) in [4.78, 5) is 25.6. The van der Waals surface area contributed by atoms with E-state index < -0.39 is 0 Å². The normalized spacial score (nSPS) is 16.0. The number of nitrogens with one attached hydrogen (secondary N) is 2. The van der Waals surface area contributed by atoms with Gasteiger partial charge in [-0.2, -0.15) is 0 Å². The lowest BCUT2D eigenvalue weighted by atomic mass is 10.0. The van der Waals surface area contributed by atoms with E-state index >= 15 is 0 Å². The molecule has 1 saturated heterocycles. The molecule has 1 amide bonds. The molecule has 1 atom stereocenters. The topological polar surface area (TPSA) is 85.9 Å². The maximum atomic E-state index is 13.1. The number of carbonyl (C=O) groups excluding carboxylic acids is 2. The summed E-state index contributed by atoms with van der Waals surface area (Å²) in [6.07, 6.45) is 3.56. The van der Waals surface area contributed by atoms with Crippen LogP contribution >= 0.6 is 0 Å². The average molecular weight is 424 g/mol. The fraction of sp³-hybridized carbons (Fsp3) is 0.333. The van der Waals surface area contributed by atoms with Crippen molar-refractivity contribution in [3.63, 3.8) is 0 Å². The number of ketones is 1. The highest BCUT2D eigenvalue weighted by Gasteiger charge is 2.23. The zero-order chi connectivity index (χ0) is 22.4. The lowest BCUT2D eigenvalue weighted by Gasteiger charge is -2.15. The second-order valence-corrected chi connectivity index (χ2v) is 7.32. The van der Waals surface area contributed by atoms with Gasteiger partial charge >= 0.3 is 0 Å². The molecule has 0 spiro atoms. The molecule has 2 aromatic rings. The molecule has 0 radical (unpaired) electrons. The fourth-order valence-corrected chi connectivity index (χ4v) is 3.56. The fourth-order valence-electron chi connectivity index (χ4n) is 3.56. The Bertz CT molecular complexity index is 993. The van der Waals surface area contributed by atoms with Gasteiger partial charge in [-0.05, 0) is 73.9 Å². The Hall–Kier alpha value is -3.32. The molecule has 1 unspecified atom stereocenters. The molecular formula is C24H28N2O5. The van der Waals surface area contributed by atoms with Gasteiger partial charge in [-0.15, -0.1) is 0 Å². The SMILES string of the molecule is COc1ccc(OC)c(C(=O)/C(C)=C/c2ccc(OC)c(NC(=O)C3CCCN3)c2)c1. The molecule has 0 aromatic heterocycles. The van der Waals surface area contributed by atoms with Crippen LogP contribution in [-0.4, -0.2) is 45.6 Å². The van der Waals surface area contributed by atoms with Crippen LogP contribution in [0.25, 0.3) is 6.08 Å². The van der Waals surface area contributed by atoms with Crippen molar-refractivity contribution in [2.24, 2.45) is 0 Å². The van der Waals surface area contributed by atoms with E-state index in [1.54, 1.807) is 57.6 Å².